The van der Waals surface area contributed by atoms with Crippen LogP contribution in [0.4, 0.5) is 0 Å². The van der Waals surface area contributed by atoms with Crippen LogP contribution >= 0.6 is 0 Å². The van der Waals surface area contributed by atoms with E-state index in [4.69, 9.17) is 9.15 Å². The van der Waals surface area contributed by atoms with Crippen LogP contribution < -0.4 is 5.76 Å². The minimum absolute atomic E-state index is 0.115. The van der Waals surface area contributed by atoms with E-state index in [1.165, 1.54) is 5.57 Å². The summed E-state index contributed by atoms with van der Waals surface area (Å²) in [6, 6.07) is 18.9. The van der Waals surface area contributed by atoms with E-state index >= 15 is 0 Å². The Morgan fingerprint density at radius 3 is 2.32 bits per heavy atom. The minimum Gasteiger partial charge on any atom is -0.454 e. The van der Waals surface area contributed by atoms with Gasteiger partial charge in [-0.3, -0.25) is 9.59 Å². The molecule has 0 bridgehead atoms. The molecule has 3 aromatic rings. The maximum Gasteiger partial charge on any atom is 0.437 e. The van der Waals surface area contributed by atoms with Gasteiger partial charge in [0, 0.05) is 18.7 Å². The summed E-state index contributed by atoms with van der Waals surface area (Å²) < 4.78 is 11.0. The van der Waals surface area contributed by atoms with Gasteiger partial charge in [0.25, 0.3) is 5.91 Å². The highest BCUT2D eigenvalue weighted by Gasteiger charge is 2.20. The van der Waals surface area contributed by atoms with Crippen molar-refractivity contribution in [2.75, 3.05) is 19.7 Å². The van der Waals surface area contributed by atoms with Crippen LogP contribution in [-0.4, -0.2) is 46.3 Å². The fourth-order valence-electron chi connectivity index (χ4n) is 3.32. The second-order valence-corrected chi connectivity index (χ2v) is 7.04. The molecule has 8 heteroatoms. The van der Waals surface area contributed by atoms with E-state index in [0.29, 0.717) is 18.7 Å². The van der Waals surface area contributed by atoms with Crippen molar-refractivity contribution >= 4 is 17.4 Å². The van der Waals surface area contributed by atoms with Crippen molar-refractivity contribution in [1.29, 1.82) is 0 Å². The number of carbonyl (C=O) groups excluding carboxylic acids is 2. The van der Waals surface area contributed by atoms with Crippen LogP contribution in [0, 0.1) is 0 Å². The maximum absolute atomic E-state index is 12.4. The predicted octanol–water partition coefficient (Wildman–Crippen LogP) is 2.36. The number of aromatic nitrogens is 2. The van der Waals surface area contributed by atoms with Crippen LogP contribution in [0.1, 0.15) is 12.0 Å². The van der Waals surface area contributed by atoms with E-state index in [9.17, 15) is 14.4 Å². The lowest BCUT2D eigenvalue weighted by atomic mass is 10.00. The molecule has 31 heavy (non-hydrogen) atoms. The van der Waals surface area contributed by atoms with E-state index < -0.39 is 18.3 Å². The number of rotatable bonds is 6. The van der Waals surface area contributed by atoms with Crippen molar-refractivity contribution in [2.24, 2.45) is 0 Å². The first-order valence-corrected chi connectivity index (χ1v) is 9.91. The number of esters is 1. The first-order chi connectivity index (χ1) is 15.1. The fourth-order valence-corrected chi connectivity index (χ4v) is 3.32. The molecule has 1 amide bonds. The first kappa shape index (κ1) is 20.3. The van der Waals surface area contributed by atoms with Gasteiger partial charge in [0.05, 0.1) is 0 Å². The minimum atomic E-state index is -0.767. The van der Waals surface area contributed by atoms with Gasteiger partial charge in [-0.25, -0.2) is 4.79 Å². The fraction of sp³-hybridized carbons (Fsp3) is 0.217. The molecule has 8 nitrogen and oxygen atoms in total. The smallest absolute Gasteiger partial charge is 0.437 e. The van der Waals surface area contributed by atoms with Crippen molar-refractivity contribution in [3.63, 3.8) is 0 Å². The summed E-state index contributed by atoms with van der Waals surface area (Å²) in [5.74, 6) is -1.67. The van der Waals surface area contributed by atoms with Crippen LogP contribution in [0.15, 0.2) is 76.0 Å². The molecule has 1 aromatic heterocycles. The van der Waals surface area contributed by atoms with Gasteiger partial charge in [-0.1, -0.05) is 54.6 Å². The van der Waals surface area contributed by atoms with Crippen LogP contribution in [0.5, 0.6) is 0 Å². The Hall–Kier alpha value is -3.94. The Labute approximate surface area is 178 Å². The Morgan fingerprint density at radius 2 is 1.68 bits per heavy atom. The number of hydrogen-bond acceptors (Lipinski definition) is 6. The van der Waals surface area contributed by atoms with Gasteiger partial charge in [-0.2, -0.15) is 4.68 Å². The lowest BCUT2D eigenvalue weighted by Gasteiger charge is -2.26. The number of ether oxygens (including phenoxy) is 1. The molecule has 1 aliphatic rings. The quantitative estimate of drug-likeness (QED) is 0.570. The Balaban J connectivity index is 1.29. The second-order valence-electron chi connectivity index (χ2n) is 7.04. The van der Waals surface area contributed by atoms with E-state index in [1.807, 2.05) is 42.5 Å². The molecule has 2 aromatic carbocycles. The predicted molar refractivity (Wildman–Crippen MR) is 113 cm³/mol. The summed E-state index contributed by atoms with van der Waals surface area (Å²) in [5, 5.41) is 4.01. The average Bonchev–Trinajstić information content (AvgIpc) is 3.19. The summed E-state index contributed by atoms with van der Waals surface area (Å²) in [6.45, 7) is 0.204. The van der Waals surface area contributed by atoms with Gasteiger partial charge in [-0.15, -0.1) is 5.10 Å². The van der Waals surface area contributed by atoms with Gasteiger partial charge in [0.15, 0.2) is 6.61 Å². The Morgan fingerprint density at radius 1 is 1.00 bits per heavy atom. The molecule has 0 atom stereocenters. The SMILES string of the molecule is O=C(Cn1nc(-c2ccccc2)oc1=O)OCC(=O)N1CC=C(c2ccccc2)CC1. The number of hydrogen-bond donors (Lipinski definition) is 0. The molecule has 0 aliphatic carbocycles. The molecule has 0 unspecified atom stereocenters. The number of nitrogens with zero attached hydrogens (tertiary/aromatic N) is 3. The summed E-state index contributed by atoms with van der Waals surface area (Å²) >= 11 is 0. The van der Waals surface area contributed by atoms with Gasteiger partial charge in [0.1, 0.15) is 6.54 Å². The van der Waals surface area contributed by atoms with E-state index in [2.05, 4.69) is 5.10 Å². The molecule has 0 spiro atoms. The zero-order chi connectivity index (χ0) is 21.6. The molecule has 2 heterocycles. The van der Waals surface area contributed by atoms with Crippen molar-refractivity contribution < 1.29 is 18.7 Å². The molecule has 0 N–H and O–H groups in total. The lowest BCUT2D eigenvalue weighted by Crippen LogP contribution is -2.38. The van der Waals surface area contributed by atoms with Crippen molar-refractivity contribution in [3.8, 4) is 11.5 Å². The largest absolute Gasteiger partial charge is 0.454 e. The van der Waals surface area contributed by atoms with Gasteiger partial charge in [-0.05, 0) is 29.7 Å². The van der Waals surface area contributed by atoms with Gasteiger partial charge >= 0.3 is 11.7 Å². The van der Waals surface area contributed by atoms with E-state index in [-0.39, 0.29) is 18.4 Å². The zero-order valence-corrected chi connectivity index (χ0v) is 16.8. The number of carbonyl (C=O) groups is 2. The summed E-state index contributed by atoms with van der Waals surface area (Å²) in [5.41, 5.74) is 2.96. The van der Waals surface area contributed by atoms with Crippen LogP contribution in [0.25, 0.3) is 17.0 Å². The topological polar surface area (TPSA) is 94.6 Å². The van der Waals surface area contributed by atoms with Crippen molar-refractivity contribution in [3.05, 3.63) is 82.9 Å². The highest BCUT2D eigenvalue weighted by molar-refractivity contribution is 5.81. The second kappa shape index (κ2) is 9.25. The Kier molecular flexibility index (Phi) is 6.07. The van der Waals surface area contributed by atoms with Gasteiger partial charge < -0.3 is 14.1 Å². The molecule has 4 rings (SSSR count). The molecular weight excluding hydrogens is 398 g/mol. The third-order valence-corrected chi connectivity index (χ3v) is 4.97. The molecular formula is C23H21N3O5. The third kappa shape index (κ3) is 4.98. The summed E-state index contributed by atoms with van der Waals surface area (Å²) in [4.78, 5) is 38.0. The monoisotopic (exact) mass is 419 g/mol. The van der Waals surface area contributed by atoms with E-state index in [0.717, 1.165) is 16.7 Å². The van der Waals surface area contributed by atoms with Crippen molar-refractivity contribution in [1.82, 2.24) is 14.7 Å². The number of benzene rings is 2. The first-order valence-electron chi connectivity index (χ1n) is 9.91. The molecule has 0 saturated carbocycles. The normalized spacial score (nSPS) is 13.5. The maximum atomic E-state index is 12.4. The Bertz CT molecular complexity index is 1150. The summed E-state index contributed by atoms with van der Waals surface area (Å²) in [7, 11) is 0. The summed E-state index contributed by atoms with van der Waals surface area (Å²) in [6.07, 6.45) is 2.75. The van der Waals surface area contributed by atoms with E-state index in [1.54, 1.807) is 29.2 Å². The van der Waals surface area contributed by atoms with Crippen molar-refractivity contribution in [2.45, 2.75) is 13.0 Å². The molecule has 0 saturated heterocycles. The van der Waals surface area contributed by atoms with Crippen LogP contribution in [-0.2, 0) is 20.9 Å². The lowest BCUT2D eigenvalue weighted by molar-refractivity contribution is -0.152. The highest BCUT2D eigenvalue weighted by atomic mass is 16.5. The average molecular weight is 419 g/mol. The third-order valence-electron chi connectivity index (χ3n) is 4.97. The molecule has 0 fully saturated rings. The molecule has 1 aliphatic heterocycles. The highest BCUT2D eigenvalue weighted by Crippen LogP contribution is 2.22. The van der Waals surface area contributed by atoms with Gasteiger partial charge in [0.2, 0.25) is 5.89 Å². The van der Waals surface area contributed by atoms with Crippen LogP contribution in [0.2, 0.25) is 0 Å². The number of amides is 1. The van der Waals surface area contributed by atoms with Crippen LogP contribution in [0.3, 0.4) is 0 Å². The zero-order valence-electron chi connectivity index (χ0n) is 16.8. The standard InChI is InChI=1S/C23H21N3O5/c27-20(25-13-11-18(12-14-25)17-7-3-1-4-8-17)16-30-21(28)15-26-23(29)31-22(24-26)19-9-5-2-6-10-19/h1-11H,12-16H2. The molecule has 158 valence electrons. The molecule has 0 radical (unpaired) electrons.